The molecule has 0 saturated carbocycles. The summed E-state index contributed by atoms with van der Waals surface area (Å²) in [6, 6.07) is 11.7. The predicted octanol–water partition coefficient (Wildman–Crippen LogP) is 3.73. The number of carbonyl (C=O) groups excluding carboxylic acids is 3. The summed E-state index contributed by atoms with van der Waals surface area (Å²) in [6.07, 6.45) is -3.31. The molecule has 176 valence electrons. The van der Waals surface area contributed by atoms with Crippen molar-refractivity contribution in [2.45, 2.75) is 25.9 Å². The largest absolute Gasteiger partial charge is 0.418 e. The number of rotatable bonds is 8. The highest BCUT2D eigenvalue weighted by Crippen LogP contribution is 2.34. The molecule has 1 heterocycles. The average Bonchev–Trinajstić information content (AvgIpc) is 3.19. The number of carbonyl (C=O) groups is 3. The number of amides is 3. The van der Waals surface area contributed by atoms with Gasteiger partial charge in [-0.2, -0.15) is 13.2 Å². The number of nitrogens with zero attached hydrogens (tertiary/aromatic N) is 2. The molecule has 2 N–H and O–H groups in total. The lowest BCUT2D eigenvalue weighted by molar-refractivity contribution is -0.137. The van der Waals surface area contributed by atoms with Crippen LogP contribution in [0, 0.1) is 0 Å². The number of halogens is 3. The predicted molar refractivity (Wildman–Crippen MR) is 119 cm³/mol. The van der Waals surface area contributed by atoms with E-state index in [0.29, 0.717) is 30.9 Å². The van der Waals surface area contributed by atoms with Gasteiger partial charge in [-0.15, -0.1) is 0 Å². The van der Waals surface area contributed by atoms with Crippen LogP contribution in [0.3, 0.4) is 0 Å². The summed E-state index contributed by atoms with van der Waals surface area (Å²) in [5.74, 6) is -1.00. The molecule has 0 aliphatic carbocycles. The number of para-hydroxylation sites is 1. The lowest BCUT2D eigenvalue weighted by atomic mass is 10.1. The molecule has 1 fully saturated rings. The smallest absolute Gasteiger partial charge is 0.325 e. The molecule has 2 aromatic rings. The Kier molecular flexibility index (Phi) is 7.70. The molecule has 3 rings (SSSR count). The van der Waals surface area contributed by atoms with Gasteiger partial charge < -0.3 is 15.5 Å². The van der Waals surface area contributed by atoms with Crippen molar-refractivity contribution in [2.75, 3.05) is 41.7 Å². The highest BCUT2D eigenvalue weighted by Gasteiger charge is 2.33. The summed E-state index contributed by atoms with van der Waals surface area (Å²) in [7, 11) is 0. The molecular formula is C23H25F3N4O3. The van der Waals surface area contributed by atoms with Crippen LogP contribution in [0.25, 0.3) is 0 Å². The maximum absolute atomic E-state index is 13.1. The Bertz CT molecular complexity index is 1030. The van der Waals surface area contributed by atoms with Crippen molar-refractivity contribution in [2.24, 2.45) is 0 Å². The summed E-state index contributed by atoms with van der Waals surface area (Å²) >= 11 is 0. The van der Waals surface area contributed by atoms with E-state index < -0.39 is 17.6 Å². The van der Waals surface area contributed by atoms with Crippen molar-refractivity contribution in [1.29, 1.82) is 0 Å². The Labute approximate surface area is 189 Å². The van der Waals surface area contributed by atoms with Gasteiger partial charge in [-0.3, -0.25) is 19.3 Å². The van der Waals surface area contributed by atoms with E-state index in [4.69, 9.17) is 0 Å². The number of alkyl halides is 3. The molecular weight excluding hydrogens is 437 g/mol. The maximum atomic E-state index is 13.1. The van der Waals surface area contributed by atoms with Gasteiger partial charge in [-0.25, -0.2) is 0 Å². The zero-order valence-electron chi connectivity index (χ0n) is 18.1. The summed E-state index contributed by atoms with van der Waals surface area (Å²) < 4.78 is 39.4. The molecule has 0 spiro atoms. The van der Waals surface area contributed by atoms with Crippen molar-refractivity contribution >= 4 is 34.8 Å². The van der Waals surface area contributed by atoms with Gasteiger partial charge in [0.1, 0.15) is 0 Å². The van der Waals surface area contributed by atoms with Crippen molar-refractivity contribution in [3.05, 3.63) is 54.1 Å². The second kappa shape index (κ2) is 10.5. The molecule has 0 atom stereocenters. The molecule has 0 unspecified atom stereocenters. The summed E-state index contributed by atoms with van der Waals surface area (Å²) in [6.45, 7) is 2.33. The van der Waals surface area contributed by atoms with E-state index in [-0.39, 0.29) is 30.6 Å². The van der Waals surface area contributed by atoms with Gasteiger partial charge in [-0.1, -0.05) is 25.1 Å². The molecule has 10 heteroatoms. The number of hydrogen-bond acceptors (Lipinski definition) is 4. The monoisotopic (exact) mass is 462 g/mol. The lowest BCUT2D eigenvalue weighted by Gasteiger charge is -2.21. The molecule has 7 nitrogen and oxygen atoms in total. The van der Waals surface area contributed by atoms with Gasteiger partial charge in [0, 0.05) is 24.3 Å². The SMILES string of the molecule is CCN(CC(=O)Nc1cccc(N2CCCC2=O)c1)CC(=O)Nc1ccccc1C(F)(F)F. The zero-order chi connectivity index (χ0) is 24.0. The molecule has 1 saturated heterocycles. The Balaban J connectivity index is 1.57. The van der Waals surface area contributed by atoms with Crippen LogP contribution >= 0.6 is 0 Å². The van der Waals surface area contributed by atoms with E-state index in [9.17, 15) is 27.6 Å². The van der Waals surface area contributed by atoms with Crippen LogP contribution in [0.2, 0.25) is 0 Å². The van der Waals surface area contributed by atoms with Gasteiger partial charge in [-0.05, 0) is 43.3 Å². The minimum Gasteiger partial charge on any atom is -0.325 e. The van der Waals surface area contributed by atoms with Crippen molar-refractivity contribution in [1.82, 2.24) is 4.90 Å². The Morgan fingerprint density at radius 2 is 1.73 bits per heavy atom. The van der Waals surface area contributed by atoms with Crippen LogP contribution in [0.1, 0.15) is 25.3 Å². The Hall–Kier alpha value is -3.40. The highest BCUT2D eigenvalue weighted by atomic mass is 19.4. The number of benzene rings is 2. The lowest BCUT2D eigenvalue weighted by Crippen LogP contribution is -2.38. The normalized spacial score (nSPS) is 14.0. The third-order valence-electron chi connectivity index (χ3n) is 5.20. The highest BCUT2D eigenvalue weighted by molar-refractivity contribution is 5.98. The number of likely N-dealkylation sites (N-methyl/N-ethyl adjacent to an activating group) is 1. The fraction of sp³-hybridized carbons (Fsp3) is 0.348. The molecule has 1 aliphatic rings. The second-order valence-corrected chi connectivity index (χ2v) is 7.64. The zero-order valence-corrected chi connectivity index (χ0v) is 18.1. The van der Waals surface area contributed by atoms with Crippen LogP contribution in [0.5, 0.6) is 0 Å². The van der Waals surface area contributed by atoms with Crippen molar-refractivity contribution in [3.8, 4) is 0 Å². The number of nitrogens with one attached hydrogen (secondary N) is 2. The van der Waals surface area contributed by atoms with Gasteiger partial charge in [0.05, 0.1) is 24.3 Å². The van der Waals surface area contributed by atoms with Gasteiger partial charge in [0.15, 0.2) is 0 Å². The van der Waals surface area contributed by atoms with Crippen LogP contribution < -0.4 is 15.5 Å². The summed E-state index contributed by atoms with van der Waals surface area (Å²) in [4.78, 5) is 39.9. The Morgan fingerprint density at radius 1 is 1.03 bits per heavy atom. The van der Waals surface area contributed by atoms with E-state index >= 15 is 0 Å². The first-order chi connectivity index (χ1) is 15.7. The summed E-state index contributed by atoms with van der Waals surface area (Å²) in [5, 5.41) is 5.02. The fourth-order valence-electron chi connectivity index (χ4n) is 3.59. The quantitative estimate of drug-likeness (QED) is 0.627. The van der Waals surface area contributed by atoms with E-state index in [1.165, 1.54) is 23.1 Å². The van der Waals surface area contributed by atoms with Crippen LogP contribution in [-0.2, 0) is 20.6 Å². The van der Waals surface area contributed by atoms with E-state index in [0.717, 1.165) is 12.5 Å². The molecule has 3 amide bonds. The minimum absolute atomic E-state index is 0.0359. The topological polar surface area (TPSA) is 81.8 Å². The molecule has 2 aromatic carbocycles. The molecule has 0 bridgehead atoms. The molecule has 33 heavy (non-hydrogen) atoms. The maximum Gasteiger partial charge on any atom is 0.418 e. The van der Waals surface area contributed by atoms with E-state index in [1.807, 2.05) is 0 Å². The van der Waals surface area contributed by atoms with Crippen molar-refractivity contribution < 1.29 is 27.6 Å². The number of anilines is 3. The minimum atomic E-state index is -4.59. The number of hydrogen-bond donors (Lipinski definition) is 2. The second-order valence-electron chi connectivity index (χ2n) is 7.64. The van der Waals surface area contributed by atoms with Gasteiger partial charge >= 0.3 is 6.18 Å². The molecule has 0 aromatic heterocycles. The van der Waals surface area contributed by atoms with Crippen LogP contribution in [0.4, 0.5) is 30.2 Å². The van der Waals surface area contributed by atoms with Crippen LogP contribution in [0.15, 0.2) is 48.5 Å². The van der Waals surface area contributed by atoms with Crippen LogP contribution in [-0.4, -0.2) is 48.8 Å². The third-order valence-corrected chi connectivity index (χ3v) is 5.20. The van der Waals surface area contributed by atoms with E-state index in [2.05, 4.69) is 10.6 Å². The van der Waals surface area contributed by atoms with Crippen molar-refractivity contribution in [3.63, 3.8) is 0 Å². The van der Waals surface area contributed by atoms with Gasteiger partial charge in [0.25, 0.3) is 0 Å². The fourth-order valence-corrected chi connectivity index (χ4v) is 3.59. The van der Waals surface area contributed by atoms with Gasteiger partial charge in [0.2, 0.25) is 17.7 Å². The third kappa shape index (κ3) is 6.55. The first-order valence-electron chi connectivity index (χ1n) is 10.6. The standard InChI is InChI=1S/C23H25F3N4O3/c1-2-29(15-21(32)28-19-10-4-3-9-18(19)23(24,25)26)14-20(31)27-16-7-5-8-17(13-16)30-12-6-11-22(30)33/h3-5,7-10,13H,2,6,11-12,14-15H2,1H3,(H,27,31)(H,28,32). The average molecular weight is 462 g/mol. The first kappa shape index (κ1) is 24.2. The first-order valence-corrected chi connectivity index (χ1v) is 10.6. The molecule has 0 radical (unpaired) electrons. The Morgan fingerprint density at radius 3 is 2.36 bits per heavy atom. The van der Waals surface area contributed by atoms with E-state index in [1.54, 1.807) is 36.1 Å². The molecule has 1 aliphatic heterocycles. The summed E-state index contributed by atoms with van der Waals surface area (Å²) in [5.41, 5.74) is -0.0542.